The molecule has 0 bridgehead atoms. The van der Waals surface area contributed by atoms with Crippen molar-refractivity contribution in [2.24, 2.45) is 0 Å². The minimum absolute atomic E-state index is 0.351. The van der Waals surface area contributed by atoms with Crippen LogP contribution >= 0.6 is 0 Å². The zero-order valence-electron chi connectivity index (χ0n) is 20.7. The summed E-state index contributed by atoms with van der Waals surface area (Å²) >= 11 is 0. The summed E-state index contributed by atoms with van der Waals surface area (Å²) in [6, 6.07) is 11.3. The van der Waals surface area contributed by atoms with Crippen molar-refractivity contribution in [2.75, 3.05) is 13.1 Å². The summed E-state index contributed by atoms with van der Waals surface area (Å²) in [4.78, 5) is 23.6. The normalized spacial score (nSPS) is 14.4. The number of likely N-dealkylation sites (tertiary alicyclic amines) is 1. The van der Waals surface area contributed by atoms with E-state index in [1.54, 1.807) is 30.9 Å². The molecule has 1 fully saturated rings. The van der Waals surface area contributed by atoms with Crippen LogP contribution in [0.3, 0.4) is 0 Å². The molecule has 1 aromatic carbocycles. The predicted octanol–water partition coefficient (Wildman–Crippen LogP) is 5.75. The number of nitrogens with zero attached hydrogens (tertiary/aromatic N) is 6. The van der Waals surface area contributed by atoms with E-state index in [2.05, 4.69) is 35.0 Å². The van der Waals surface area contributed by atoms with E-state index < -0.39 is 0 Å². The van der Waals surface area contributed by atoms with E-state index in [-0.39, 0.29) is 5.82 Å². The third-order valence-corrected chi connectivity index (χ3v) is 7.21. The molecule has 6 aromatic rings. The van der Waals surface area contributed by atoms with Gasteiger partial charge in [0, 0.05) is 54.2 Å². The monoisotopic (exact) mass is 504 g/mol. The van der Waals surface area contributed by atoms with Crippen molar-refractivity contribution in [2.45, 2.75) is 25.8 Å². The Morgan fingerprint density at radius 1 is 0.842 bits per heavy atom. The van der Waals surface area contributed by atoms with Gasteiger partial charge in [0.25, 0.3) is 0 Å². The van der Waals surface area contributed by atoms with Gasteiger partial charge in [-0.1, -0.05) is 6.42 Å². The molecular weight excluding hydrogens is 479 g/mol. The minimum Gasteiger partial charge on any atom is -0.336 e. The van der Waals surface area contributed by atoms with Crippen molar-refractivity contribution in [3.05, 3.63) is 78.8 Å². The van der Waals surface area contributed by atoms with Crippen LogP contribution in [0, 0.1) is 5.82 Å². The molecule has 188 valence electrons. The number of fused-ring (bicyclic) bond motifs is 2. The van der Waals surface area contributed by atoms with Crippen LogP contribution in [0.15, 0.2) is 67.4 Å². The number of piperidine rings is 1. The van der Waals surface area contributed by atoms with Gasteiger partial charge >= 0.3 is 0 Å². The van der Waals surface area contributed by atoms with Gasteiger partial charge in [0.1, 0.15) is 17.0 Å². The lowest BCUT2D eigenvalue weighted by Gasteiger charge is -2.26. The molecule has 9 heteroatoms. The summed E-state index contributed by atoms with van der Waals surface area (Å²) in [6.45, 7) is 3.02. The van der Waals surface area contributed by atoms with Gasteiger partial charge in [0.05, 0.1) is 22.1 Å². The smallest absolute Gasteiger partial charge is 0.159 e. The van der Waals surface area contributed by atoms with Crippen molar-refractivity contribution < 1.29 is 4.39 Å². The van der Waals surface area contributed by atoms with Crippen LogP contribution < -0.4 is 0 Å². The number of rotatable bonds is 5. The lowest BCUT2D eigenvalue weighted by atomic mass is 10.0. The number of pyridine rings is 3. The molecule has 0 spiro atoms. The van der Waals surface area contributed by atoms with Crippen LogP contribution in [-0.2, 0) is 6.54 Å². The highest BCUT2D eigenvalue weighted by Gasteiger charge is 2.21. The highest BCUT2D eigenvalue weighted by molar-refractivity contribution is 5.98. The number of aromatic amines is 2. The van der Waals surface area contributed by atoms with Crippen molar-refractivity contribution in [1.29, 1.82) is 0 Å². The molecular formula is C29H25FN8. The maximum atomic E-state index is 16.2. The van der Waals surface area contributed by atoms with Crippen LogP contribution in [0.2, 0.25) is 0 Å². The standard InChI is InChI=1S/C29H25FN8/c30-25-21(20-14-18(15-32-16-20)17-38-12-2-1-3-13-38)4-5-22-24(25)28(37-36-22)29-34-23-8-11-33-26(27(23)35-29)19-6-9-31-10-7-19/h4-11,14-16H,1-3,12-13,17H2,(H,34,35)(H,36,37). The van der Waals surface area contributed by atoms with Crippen LogP contribution in [0.4, 0.5) is 4.39 Å². The molecule has 0 aliphatic carbocycles. The summed E-state index contributed by atoms with van der Waals surface area (Å²) in [7, 11) is 0. The zero-order chi connectivity index (χ0) is 25.5. The molecule has 0 saturated carbocycles. The predicted molar refractivity (Wildman–Crippen MR) is 145 cm³/mol. The van der Waals surface area contributed by atoms with E-state index in [0.29, 0.717) is 33.5 Å². The number of H-pyrrole nitrogens is 2. The van der Waals surface area contributed by atoms with Gasteiger partial charge in [-0.2, -0.15) is 5.10 Å². The fraction of sp³-hybridized carbons (Fsp3) is 0.207. The highest BCUT2D eigenvalue weighted by atomic mass is 19.1. The number of aromatic nitrogens is 7. The van der Waals surface area contributed by atoms with Gasteiger partial charge in [0.15, 0.2) is 5.82 Å². The van der Waals surface area contributed by atoms with Gasteiger partial charge in [0.2, 0.25) is 0 Å². The van der Waals surface area contributed by atoms with E-state index in [1.165, 1.54) is 19.3 Å². The third kappa shape index (κ3) is 4.01. The van der Waals surface area contributed by atoms with Crippen molar-refractivity contribution in [1.82, 2.24) is 40.0 Å². The average Bonchev–Trinajstić information content (AvgIpc) is 3.59. The fourth-order valence-electron chi connectivity index (χ4n) is 5.33. The summed E-state index contributed by atoms with van der Waals surface area (Å²) < 4.78 is 16.2. The zero-order valence-corrected chi connectivity index (χ0v) is 20.7. The summed E-state index contributed by atoms with van der Waals surface area (Å²) in [6.07, 6.45) is 12.5. The molecule has 2 N–H and O–H groups in total. The van der Waals surface area contributed by atoms with Crippen LogP contribution in [0.5, 0.6) is 0 Å². The second-order valence-corrected chi connectivity index (χ2v) is 9.72. The Balaban J connectivity index is 1.29. The van der Waals surface area contributed by atoms with Crippen molar-refractivity contribution in [3.8, 4) is 33.9 Å². The van der Waals surface area contributed by atoms with Crippen molar-refractivity contribution >= 4 is 21.9 Å². The summed E-state index contributed by atoms with van der Waals surface area (Å²) in [5.74, 6) is 0.124. The molecule has 8 nitrogen and oxygen atoms in total. The fourth-order valence-corrected chi connectivity index (χ4v) is 5.33. The van der Waals surface area contributed by atoms with Crippen molar-refractivity contribution in [3.63, 3.8) is 0 Å². The first kappa shape index (κ1) is 22.7. The maximum Gasteiger partial charge on any atom is 0.159 e. The molecule has 0 radical (unpaired) electrons. The number of hydrogen-bond donors (Lipinski definition) is 2. The Morgan fingerprint density at radius 3 is 2.58 bits per heavy atom. The SMILES string of the molecule is Fc1c(-c2cncc(CN3CCCCC3)c2)ccc2[nH]nc(-c3nc4c(-c5ccncc5)nccc4[nH]3)c12. The first-order valence-corrected chi connectivity index (χ1v) is 12.8. The number of benzene rings is 1. The minimum atomic E-state index is -0.351. The quantitative estimate of drug-likeness (QED) is 0.310. The molecule has 1 saturated heterocycles. The summed E-state index contributed by atoms with van der Waals surface area (Å²) in [5.41, 5.74) is 6.47. The lowest BCUT2D eigenvalue weighted by molar-refractivity contribution is 0.220. The molecule has 7 rings (SSSR count). The number of nitrogens with one attached hydrogen (secondary N) is 2. The number of hydrogen-bond acceptors (Lipinski definition) is 6. The van der Waals surface area contributed by atoms with Gasteiger partial charge in [-0.05, 0) is 67.9 Å². The molecule has 0 amide bonds. The number of imidazole rings is 1. The Kier molecular flexibility index (Phi) is 5.62. The first-order valence-electron chi connectivity index (χ1n) is 12.8. The highest BCUT2D eigenvalue weighted by Crippen LogP contribution is 2.35. The van der Waals surface area contributed by atoms with Crippen LogP contribution in [-0.4, -0.2) is 53.1 Å². The Bertz CT molecular complexity index is 1750. The molecule has 1 aliphatic heterocycles. The molecule has 6 heterocycles. The molecule has 0 unspecified atom stereocenters. The molecule has 0 atom stereocenters. The second-order valence-electron chi connectivity index (χ2n) is 9.72. The maximum absolute atomic E-state index is 16.2. The van der Waals surface area contributed by atoms with E-state index in [4.69, 9.17) is 4.98 Å². The molecule has 1 aliphatic rings. The largest absolute Gasteiger partial charge is 0.336 e. The molecule has 38 heavy (non-hydrogen) atoms. The molecule has 5 aromatic heterocycles. The van der Waals surface area contributed by atoms with Gasteiger partial charge < -0.3 is 4.98 Å². The Hall–Kier alpha value is -4.50. The lowest BCUT2D eigenvalue weighted by Crippen LogP contribution is -2.29. The third-order valence-electron chi connectivity index (χ3n) is 7.21. The Morgan fingerprint density at radius 2 is 1.71 bits per heavy atom. The van der Waals surface area contributed by atoms with E-state index in [9.17, 15) is 0 Å². The van der Waals surface area contributed by atoms with Gasteiger partial charge in [-0.15, -0.1) is 0 Å². The van der Waals surface area contributed by atoms with Gasteiger partial charge in [-0.25, -0.2) is 9.37 Å². The van der Waals surface area contributed by atoms with Crippen LogP contribution in [0.1, 0.15) is 24.8 Å². The van der Waals surface area contributed by atoms with Crippen LogP contribution in [0.25, 0.3) is 55.8 Å². The van der Waals surface area contributed by atoms with Gasteiger partial charge in [-0.3, -0.25) is 25.0 Å². The average molecular weight is 505 g/mol. The topological polar surface area (TPSA) is 99.3 Å². The second kappa shape index (κ2) is 9.42. The number of halogens is 1. The summed E-state index contributed by atoms with van der Waals surface area (Å²) in [5, 5.41) is 7.80. The van der Waals surface area contributed by atoms with E-state index >= 15 is 4.39 Å². The van der Waals surface area contributed by atoms with E-state index in [1.807, 2.05) is 36.5 Å². The first-order chi connectivity index (χ1) is 18.7. The van der Waals surface area contributed by atoms with E-state index in [0.717, 1.165) is 47.5 Å². The Labute approximate surface area is 218 Å².